The van der Waals surface area contributed by atoms with Crippen LogP contribution in [0.4, 0.5) is 0 Å². The number of alkyl halides is 2. The van der Waals surface area contributed by atoms with E-state index in [2.05, 4.69) is 11.5 Å². The summed E-state index contributed by atoms with van der Waals surface area (Å²) in [4.78, 5) is -0.752. The first-order chi connectivity index (χ1) is 7.10. The Morgan fingerprint density at radius 2 is 1.40 bits per heavy atom. The Hall–Kier alpha value is 0.237. The van der Waals surface area contributed by atoms with Crippen LogP contribution in [0.5, 0.6) is 0 Å². The number of rotatable bonds is 6. The first kappa shape index (κ1) is 15.2. The minimum atomic E-state index is -2.89. The lowest BCUT2D eigenvalue weighted by atomic mass is 10.8. The lowest BCUT2D eigenvalue weighted by molar-refractivity contribution is 0.0870. The Balaban J connectivity index is 4.69. The Morgan fingerprint density at radius 1 is 1.00 bits per heavy atom. The molecule has 6 heteroatoms. The first-order valence-electron chi connectivity index (χ1n) is 4.82. The van der Waals surface area contributed by atoms with Crippen LogP contribution in [0, 0.1) is 11.5 Å². The maximum Gasteiger partial charge on any atom is 0.591 e. The van der Waals surface area contributed by atoms with Gasteiger partial charge in [0.2, 0.25) is 0 Å². The second-order valence-electron chi connectivity index (χ2n) is 2.43. The van der Waals surface area contributed by atoms with Crippen LogP contribution in [0.25, 0.3) is 0 Å². The average Bonchev–Trinajstić information content (AvgIpc) is 2.16. The number of hydrogen-bond acceptors (Lipinski definition) is 3. The molecule has 0 fully saturated rings. The summed E-state index contributed by atoms with van der Waals surface area (Å²) < 4.78 is 16.4. The molecule has 0 unspecified atom stereocenters. The Morgan fingerprint density at radius 3 is 1.67 bits per heavy atom. The highest BCUT2D eigenvalue weighted by atomic mass is 35.5. The van der Waals surface area contributed by atoms with Crippen molar-refractivity contribution in [3.63, 3.8) is 0 Å². The molecular weight excluding hydrogens is 255 g/mol. The van der Waals surface area contributed by atoms with Crippen LogP contribution in [0.2, 0.25) is 0 Å². The van der Waals surface area contributed by atoms with Crippen LogP contribution in [-0.4, -0.2) is 33.5 Å². The molecule has 0 aliphatic rings. The molecule has 0 saturated carbocycles. The fraction of sp³-hybridized carbons (Fsp3) is 0.778. The van der Waals surface area contributed by atoms with E-state index in [0.717, 1.165) is 0 Å². The van der Waals surface area contributed by atoms with Gasteiger partial charge < -0.3 is 13.3 Å². The molecule has 15 heavy (non-hydrogen) atoms. The molecule has 3 nitrogen and oxygen atoms in total. The number of hydrogen-bond donors (Lipinski definition) is 0. The molecule has 0 spiro atoms. The zero-order valence-corrected chi connectivity index (χ0v) is 11.7. The highest BCUT2D eigenvalue weighted by Crippen LogP contribution is 2.09. The highest BCUT2D eigenvalue weighted by Gasteiger charge is 2.39. The van der Waals surface area contributed by atoms with E-state index < -0.39 is 13.6 Å². The largest absolute Gasteiger partial charge is 0.591 e. The monoisotopic (exact) mass is 270 g/mol. The molecule has 0 saturated heterocycles. The molecule has 0 N–H and O–H groups in total. The minimum Gasteiger partial charge on any atom is -0.364 e. The van der Waals surface area contributed by atoms with Gasteiger partial charge in [-0.3, -0.25) is 0 Å². The first-order valence-corrected chi connectivity index (χ1v) is 7.42. The lowest BCUT2D eigenvalue weighted by Gasteiger charge is -2.22. The van der Waals surface area contributed by atoms with Gasteiger partial charge in [0.1, 0.15) is 0 Å². The molecule has 0 bridgehead atoms. The predicted molar refractivity (Wildman–Crippen MR) is 63.9 cm³/mol. The van der Waals surface area contributed by atoms with Gasteiger partial charge in [-0.1, -0.05) is 29.1 Å². The van der Waals surface area contributed by atoms with Crippen LogP contribution in [0.3, 0.4) is 0 Å². The fourth-order valence-electron chi connectivity index (χ4n) is 0.946. The second-order valence-corrected chi connectivity index (χ2v) is 5.75. The van der Waals surface area contributed by atoms with Crippen molar-refractivity contribution in [1.29, 1.82) is 0 Å². The summed E-state index contributed by atoms with van der Waals surface area (Å²) in [6.45, 7) is 7.03. The van der Waals surface area contributed by atoms with Gasteiger partial charge in [0.15, 0.2) is 4.84 Å². The Kier molecular flexibility index (Phi) is 8.53. The van der Waals surface area contributed by atoms with Crippen LogP contribution in [0.1, 0.15) is 20.8 Å². The summed E-state index contributed by atoms with van der Waals surface area (Å²) in [7, 11) is -2.89. The van der Waals surface area contributed by atoms with E-state index >= 15 is 0 Å². The van der Waals surface area contributed by atoms with Gasteiger partial charge in [-0.2, -0.15) is 0 Å². The highest BCUT2D eigenvalue weighted by molar-refractivity contribution is 6.70. The maximum atomic E-state index is 5.53. The molecule has 0 heterocycles. The molecule has 0 aliphatic heterocycles. The third-order valence-electron chi connectivity index (χ3n) is 1.34. The molecule has 0 aliphatic carbocycles. The molecule has 0 aromatic carbocycles. The van der Waals surface area contributed by atoms with Gasteiger partial charge in [-0.25, -0.2) is 0 Å². The molecule has 0 radical (unpaired) electrons. The van der Waals surface area contributed by atoms with Gasteiger partial charge in [-0.15, -0.1) is 0 Å². The fourth-order valence-corrected chi connectivity index (χ4v) is 3.17. The molecule has 0 rings (SSSR count). The van der Waals surface area contributed by atoms with E-state index in [1.165, 1.54) is 0 Å². The topological polar surface area (TPSA) is 27.7 Å². The van der Waals surface area contributed by atoms with Gasteiger partial charge in [0, 0.05) is 19.8 Å². The van der Waals surface area contributed by atoms with E-state index in [1.54, 1.807) is 0 Å². The third-order valence-corrected chi connectivity index (χ3v) is 4.01. The van der Waals surface area contributed by atoms with Crippen LogP contribution < -0.4 is 0 Å². The van der Waals surface area contributed by atoms with E-state index in [-0.39, 0.29) is 0 Å². The van der Waals surface area contributed by atoms with Crippen molar-refractivity contribution < 1.29 is 13.3 Å². The zero-order valence-electron chi connectivity index (χ0n) is 9.18. The third kappa shape index (κ3) is 6.41. The second kappa shape index (κ2) is 8.40. The average molecular weight is 271 g/mol. The van der Waals surface area contributed by atoms with Crippen molar-refractivity contribution in [3.05, 3.63) is 0 Å². The normalized spacial score (nSPS) is 11.3. The SMILES string of the molecule is CCO[Si](C#CC(Cl)Cl)(OCC)OCC. The van der Waals surface area contributed by atoms with E-state index in [4.69, 9.17) is 36.5 Å². The van der Waals surface area contributed by atoms with Crippen LogP contribution >= 0.6 is 23.2 Å². The molecule has 0 amide bonds. The molecule has 0 aromatic heterocycles. The summed E-state index contributed by atoms with van der Waals surface area (Å²) >= 11 is 11.1. The quantitative estimate of drug-likeness (QED) is 0.422. The van der Waals surface area contributed by atoms with Gasteiger partial charge in [-0.05, 0) is 26.3 Å². The summed E-state index contributed by atoms with van der Waals surface area (Å²) in [6.07, 6.45) is 0. The van der Waals surface area contributed by atoms with Crippen molar-refractivity contribution in [2.45, 2.75) is 25.6 Å². The molecule has 0 atom stereocenters. The Bertz CT molecular complexity index is 208. The Labute approximate surface area is 102 Å². The molecule has 88 valence electrons. The molecular formula is C9H16Cl2O3Si. The lowest BCUT2D eigenvalue weighted by Crippen LogP contribution is -2.45. The summed E-state index contributed by atoms with van der Waals surface area (Å²) in [5.41, 5.74) is 2.79. The van der Waals surface area contributed by atoms with E-state index in [9.17, 15) is 0 Å². The summed E-state index contributed by atoms with van der Waals surface area (Å²) in [5.74, 6) is 2.61. The van der Waals surface area contributed by atoms with Crippen molar-refractivity contribution in [3.8, 4) is 11.5 Å². The van der Waals surface area contributed by atoms with Crippen LogP contribution in [0.15, 0.2) is 0 Å². The van der Waals surface area contributed by atoms with Gasteiger partial charge >= 0.3 is 8.80 Å². The van der Waals surface area contributed by atoms with Crippen molar-refractivity contribution in [2.75, 3.05) is 19.8 Å². The van der Waals surface area contributed by atoms with Gasteiger partial charge in [0.25, 0.3) is 0 Å². The summed E-state index contributed by atoms with van der Waals surface area (Å²) in [5, 5.41) is 0. The minimum absolute atomic E-state index is 0.482. The predicted octanol–water partition coefficient (Wildman–Crippen LogP) is 2.38. The zero-order chi connectivity index (χ0) is 11.7. The van der Waals surface area contributed by atoms with Gasteiger partial charge in [0.05, 0.1) is 0 Å². The summed E-state index contributed by atoms with van der Waals surface area (Å²) in [6, 6.07) is 0. The van der Waals surface area contributed by atoms with E-state index in [1.807, 2.05) is 20.8 Å². The smallest absolute Gasteiger partial charge is 0.364 e. The van der Waals surface area contributed by atoms with E-state index in [0.29, 0.717) is 19.8 Å². The molecule has 0 aromatic rings. The standard InChI is InChI=1S/C9H16Cl2O3Si/c1-4-12-15(13-5-2,14-6-3)8-7-9(10)11/h9H,4-6H2,1-3H3. The maximum absolute atomic E-state index is 5.53. The van der Waals surface area contributed by atoms with Crippen LogP contribution in [-0.2, 0) is 13.3 Å². The van der Waals surface area contributed by atoms with Crippen molar-refractivity contribution in [1.82, 2.24) is 0 Å². The van der Waals surface area contributed by atoms with Crippen molar-refractivity contribution in [2.24, 2.45) is 0 Å². The van der Waals surface area contributed by atoms with Crippen molar-refractivity contribution >= 4 is 32.0 Å². The number of halogens is 2.